The molecule has 1 aromatic heterocycles. The molecule has 0 aliphatic heterocycles. The summed E-state index contributed by atoms with van der Waals surface area (Å²) in [6.45, 7) is 4.92. The van der Waals surface area contributed by atoms with Crippen molar-refractivity contribution in [3.8, 4) is 5.88 Å². The summed E-state index contributed by atoms with van der Waals surface area (Å²) in [5.74, 6) is 0.473. The van der Waals surface area contributed by atoms with Crippen LogP contribution in [0.15, 0.2) is 48.9 Å². The van der Waals surface area contributed by atoms with Crippen molar-refractivity contribution in [1.82, 2.24) is 14.9 Å². The average molecular weight is 285 g/mol. The smallest absolute Gasteiger partial charge is 0.254 e. The van der Waals surface area contributed by atoms with E-state index < -0.39 is 0 Å². The van der Waals surface area contributed by atoms with Crippen molar-refractivity contribution in [3.05, 3.63) is 54.5 Å². The van der Waals surface area contributed by atoms with E-state index in [1.807, 2.05) is 44.2 Å². The van der Waals surface area contributed by atoms with Gasteiger partial charge in [-0.15, -0.1) is 0 Å². The molecule has 0 saturated heterocycles. The highest BCUT2D eigenvalue weighted by atomic mass is 16.5. The topological polar surface area (TPSA) is 55.3 Å². The van der Waals surface area contributed by atoms with E-state index in [4.69, 9.17) is 4.74 Å². The largest absolute Gasteiger partial charge is 0.474 e. The number of aromatic nitrogens is 2. The molecule has 0 radical (unpaired) electrons. The third-order valence-corrected chi connectivity index (χ3v) is 3.17. The molecule has 1 aromatic carbocycles. The second-order valence-corrected chi connectivity index (χ2v) is 4.66. The predicted molar refractivity (Wildman–Crippen MR) is 80.1 cm³/mol. The number of hydrogen-bond donors (Lipinski definition) is 0. The lowest BCUT2D eigenvalue weighted by Crippen LogP contribution is -2.41. The number of nitrogens with zero attached hydrogens (tertiary/aromatic N) is 3. The van der Waals surface area contributed by atoms with Gasteiger partial charge in [0.15, 0.2) is 0 Å². The van der Waals surface area contributed by atoms with Gasteiger partial charge in [-0.05, 0) is 26.0 Å². The summed E-state index contributed by atoms with van der Waals surface area (Å²) in [6, 6.07) is 9.21. The van der Waals surface area contributed by atoms with Crippen LogP contribution in [-0.4, -0.2) is 40.0 Å². The molecule has 0 aliphatic carbocycles. The molecular weight excluding hydrogens is 266 g/mol. The van der Waals surface area contributed by atoms with Gasteiger partial charge in [-0.25, -0.2) is 4.98 Å². The standard InChI is InChI=1S/C16H19N3O2/c1-3-19(16(20)14-7-5-4-6-8-14)13(2)12-21-15-11-17-9-10-18-15/h4-11,13H,3,12H2,1-2H3/t13-/m0/s1. The zero-order valence-corrected chi connectivity index (χ0v) is 12.3. The Kier molecular flexibility index (Phi) is 5.26. The van der Waals surface area contributed by atoms with E-state index in [1.54, 1.807) is 23.5 Å². The molecule has 0 unspecified atom stereocenters. The van der Waals surface area contributed by atoms with Gasteiger partial charge in [0, 0.05) is 24.5 Å². The summed E-state index contributed by atoms with van der Waals surface area (Å²) in [5, 5.41) is 0. The van der Waals surface area contributed by atoms with Crippen molar-refractivity contribution >= 4 is 5.91 Å². The van der Waals surface area contributed by atoms with Crippen LogP contribution in [0.2, 0.25) is 0 Å². The quantitative estimate of drug-likeness (QED) is 0.818. The summed E-state index contributed by atoms with van der Waals surface area (Å²) in [6.07, 6.45) is 4.72. The molecule has 1 amide bonds. The monoisotopic (exact) mass is 285 g/mol. The molecule has 0 N–H and O–H groups in total. The molecule has 1 atom stereocenters. The van der Waals surface area contributed by atoms with Crippen LogP contribution < -0.4 is 4.74 Å². The van der Waals surface area contributed by atoms with Crippen LogP contribution in [-0.2, 0) is 0 Å². The van der Waals surface area contributed by atoms with E-state index >= 15 is 0 Å². The molecule has 2 rings (SSSR count). The molecular formula is C16H19N3O2. The number of hydrogen-bond acceptors (Lipinski definition) is 4. The number of amides is 1. The van der Waals surface area contributed by atoms with Gasteiger partial charge in [0.1, 0.15) is 6.61 Å². The fourth-order valence-corrected chi connectivity index (χ4v) is 2.06. The van der Waals surface area contributed by atoms with Gasteiger partial charge in [0.25, 0.3) is 5.91 Å². The van der Waals surface area contributed by atoms with E-state index in [9.17, 15) is 4.79 Å². The molecule has 110 valence electrons. The summed E-state index contributed by atoms with van der Waals surface area (Å²) in [7, 11) is 0. The van der Waals surface area contributed by atoms with Crippen LogP contribution in [0.3, 0.4) is 0 Å². The molecule has 0 fully saturated rings. The van der Waals surface area contributed by atoms with Crippen molar-refractivity contribution in [1.29, 1.82) is 0 Å². The van der Waals surface area contributed by atoms with Gasteiger partial charge in [-0.1, -0.05) is 18.2 Å². The number of rotatable bonds is 6. The molecule has 2 aromatic rings. The number of likely N-dealkylation sites (N-methyl/N-ethyl adjacent to an activating group) is 1. The van der Waals surface area contributed by atoms with Crippen molar-refractivity contribution in [2.24, 2.45) is 0 Å². The zero-order valence-electron chi connectivity index (χ0n) is 12.3. The minimum atomic E-state index is -0.0512. The lowest BCUT2D eigenvalue weighted by atomic mass is 10.1. The fraction of sp³-hybridized carbons (Fsp3) is 0.312. The van der Waals surface area contributed by atoms with Crippen molar-refractivity contribution in [3.63, 3.8) is 0 Å². The fourth-order valence-electron chi connectivity index (χ4n) is 2.06. The molecule has 21 heavy (non-hydrogen) atoms. The highest BCUT2D eigenvalue weighted by Crippen LogP contribution is 2.10. The first kappa shape index (κ1) is 15.0. The molecule has 5 nitrogen and oxygen atoms in total. The van der Waals surface area contributed by atoms with Crippen LogP contribution in [0.25, 0.3) is 0 Å². The SMILES string of the molecule is CCN(C(=O)c1ccccc1)[C@@H](C)COc1cnccn1. The maximum absolute atomic E-state index is 12.5. The van der Waals surface area contributed by atoms with Gasteiger partial charge in [-0.3, -0.25) is 9.78 Å². The minimum Gasteiger partial charge on any atom is -0.474 e. The average Bonchev–Trinajstić information content (AvgIpc) is 2.55. The molecule has 0 saturated carbocycles. The Balaban J connectivity index is 1.98. The van der Waals surface area contributed by atoms with Gasteiger partial charge < -0.3 is 9.64 Å². The first-order chi connectivity index (χ1) is 10.2. The lowest BCUT2D eigenvalue weighted by Gasteiger charge is -2.28. The molecule has 5 heteroatoms. The number of carbonyl (C=O) groups excluding carboxylic acids is 1. The third-order valence-electron chi connectivity index (χ3n) is 3.17. The summed E-state index contributed by atoms with van der Waals surface area (Å²) in [4.78, 5) is 22.2. The Morgan fingerprint density at radius 3 is 2.67 bits per heavy atom. The minimum absolute atomic E-state index is 0.00773. The van der Waals surface area contributed by atoms with E-state index in [1.165, 1.54) is 0 Å². The Bertz CT molecular complexity index is 560. The van der Waals surface area contributed by atoms with Crippen molar-refractivity contribution < 1.29 is 9.53 Å². The lowest BCUT2D eigenvalue weighted by molar-refractivity contribution is 0.0646. The summed E-state index contributed by atoms with van der Waals surface area (Å²) >= 11 is 0. The van der Waals surface area contributed by atoms with Crippen molar-refractivity contribution in [2.45, 2.75) is 19.9 Å². The Labute approximate surface area is 124 Å². The Morgan fingerprint density at radius 1 is 1.29 bits per heavy atom. The van der Waals surface area contributed by atoms with Crippen LogP contribution >= 0.6 is 0 Å². The summed E-state index contributed by atoms with van der Waals surface area (Å²) in [5.41, 5.74) is 0.686. The van der Waals surface area contributed by atoms with E-state index in [0.717, 1.165) is 0 Å². The molecule has 0 spiro atoms. The van der Waals surface area contributed by atoms with Gasteiger partial charge in [0.05, 0.1) is 12.2 Å². The van der Waals surface area contributed by atoms with Crippen molar-refractivity contribution in [2.75, 3.05) is 13.2 Å². The number of benzene rings is 1. The number of ether oxygens (including phenoxy) is 1. The van der Waals surface area contributed by atoms with Crippen LogP contribution in [0.5, 0.6) is 5.88 Å². The predicted octanol–water partition coefficient (Wildman–Crippen LogP) is 2.41. The first-order valence-corrected chi connectivity index (χ1v) is 6.97. The van der Waals surface area contributed by atoms with Gasteiger partial charge >= 0.3 is 0 Å². The first-order valence-electron chi connectivity index (χ1n) is 6.97. The van der Waals surface area contributed by atoms with Gasteiger partial charge in [-0.2, -0.15) is 0 Å². The zero-order chi connectivity index (χ0) is 15.1. The second-order valence-electron chi connectivity index (χ2n) is 4.66. The van der Waals surface area contributed by atoms with Crippen LogP contribution in [0.4, 0.5) is 0 Å². The highest BCUT2D eigenvalue weighted by Gasteiger charge is 2.20. The van der Waals surface area contributed by atoms with E-state index in [2.05, 4.69) is 9.97 Å². The van der Waals surface area contributed by atoms with Gasteiger partial charge in [0.2, 0.25) is 5.88 Å². The van der Waals surface area contributed by atoms with Crippen LogP contribution in [0, 0.1) is 0 Å². The molecule has 0 bridgehead atoms. The summed E-state index contributed by atoms with van der Waals surface area (Å²) < 4.78 is 5.57. The molecule has 1 heterocycles. The van der Waals surface area contributed by atoms with E-state index in [-0.39, 0.29) is 11.9 Å². The highest BCUT2D eigenvalue weighted by molar-refractivity contribution is 5.94. The van der Waals surface area contributed by atoms with E-state index in [0.29, 0.717) is 24.6 Å². The molecule has 0 aliphatic rings. The Morgan fingerprint density at radius 2 is 2.05 bits per heavy atom. The maximum atomic E-state index is 12.5. The number of carbonyl (C=O) groups is 1. The third kappa shape index (κ3) is 4.02. The van der Waals surface area contributed by atoms with Crippen LogP contribution in [0.1, 0.15) is 24.2 Å². The Hall–Kier alpha value is -2.43. The second kappa shape index (κ2) is 7.38. The maximum Gasteiger partial charge on any atom is 0.254 e. The normalized spacial score (nSPS) is 11.7.